The van der Waals surface area contributed by atoms with Gasteiger partial charge in [0.15, 0.2) is 11.6 Å². The Bertz CT molecular complexity index is 551. The lowest BCUT2D eigenvalue weighted by Gasteiger charge is -2.22. The topological polar surface area (TPSA) is 44.8 Å². The van der Waals surface area contributed by atoms with Crippen molar-refractivity contribution in [3.8, 4) is 5.75 Å². The van der Waals surface area contributed by atoms with E-state index in [2.05, 4.69) is 10.2 Å². The van der Waals surface area contributed by atoms with Crippen LogP contribution < -0.4 is 10.1 Å². The van der Waals surface area contributed by atoms with Gasteiger partial charge in [-0.05, 0) is 51.1 Å². The van der Waals surface area contributed by atoms with E-state index in [1.54, 1.807) is 12.1 Å². The number of rotatable bonds is 5. The van der Waals surface area contributed by atoms with Crippen LogP contribution in [0.3, 0.4) is 0 Å². The summed E-state index contributed by atoms with van der Waals surface area (Å²) in [5.41, 5.74) is 0.820. The third kappa shape index (κ3) is 4.58. The maximum absolute atomic E-state index is 13.5. The highest BCUT2D eigenvalue weighted by Gasteiger charge is 2.27. The van der Waals surface area contributed by atoms with Crippen LogP contribution in [0.15, 0.2) is 18.2 Å². The maximum Gasteiger partial charge on any atom is 0.317 e. The van der Waals surface area contributed by atoms with Crippen LogP contribution in [0, 0.1) is 11.7 Å². The van der Waals surface area contributed by atoms with Crippen molar-refractivity contribution in [2.24, 2.45) is 5.92 Å². The predicted octanol–water partition coefficient (Wildman–Crippen LogP) is 2.49. The Hall–Kier alpha value is -1.82. The van der Waals surface area contributed by atoms with Gasteiger partial charge in [-0.15, -0.1) is 0 Å². The molecule has 1 heterocycles. The zero-order chi connectivity index (χ0) is 17.0. The predicted molar refractivity (Wildman–Crippen MR) is 88.1 cm³/mol. The van der Waals surface area contributed by atoms with Gasteiger partial charge in [0.25, 0.3) is 0 Å². The van der Waals surface area contributed by atoms with Crippen molar-refractivity contribution >= 4 is 6.03 Å². The van der Waals surface area contributed by atoms with Crippen molar-refractivity contribution in [2.75, 3.05) is 40.8 Å². The van der Waals surface area contributed by atoms with Crippen LogP contribution in [0.2, 0.25) is 0 Å². The molecule has 6 heteroatoms. The monoisotopic (exact) mass is 323 g/mol. The number of methoxy groups -OCH3 is 1. The molecule has 0 aliphatic carbocycles. The van der Waals surface area contributed by atoms with Gasteiger partial charge < -0.3 is 19.9 Å². The Balaban J connectivity index is 1.92. The van der Waals surface area contributed by atoms with Crippen LogP contribution in [0.5, 0.6) is 5.75 Å². The molecule has 0 bridgehead atoms. The minimum atomic E-state index is -0.402. The summed E-state index contributed by atoms with van der Waals surface area (Å²) in [6.45, 7) is 4.44. The third-order valence-electron chi connectivity index (χ3n) is 4.21. The average Bonchev–Trinajstić information content (AvgIpc) is 2.95. The Labute approximate surface area is 137 Å². The molecule has 1 fully saturated rings. The summed E-state index contributed by atoms with van der Waals surface area (Å²) in [5.74, 6) is 0.314. The van der Waals surface area contributed by atoms with E-state index in [0.29, 0.717) is 5.92 Å². The molecular formula is C17H26FN3O2. The van der Waals surface area contributed by atoms with Crippen molar-refractivity contribution in [2.45, 2.75) is 19.4 Å². The second-order valence-electron chi connectivity index (χ2n) is 6.43. The molecule has 1 aliphatic rings. The highest BCUT2D eigenvalue weighted by atomic mass is 19.1. The van der Waals surface area contributed by atoms with Crippen LogP contribution >= 0.6 is 0 Å². The number of benzene rings is 1. The van der Waals surface area contributed by atoms with Crippen molar-refractivity contribution < 1.29 is 13.9 Å². The van der Waals surface area contributed by atoms with E-state index in [9.17, 15) is 9.18 Å². The fourth-order valence-electron chi connectivity index (χ4n) is 2.99. The largest absolute Gasteiger partial charge is 0.494 e. The fourth-order valence-corrected chi connectivity index (χ4v) is 2.99. The third-order valence-corrected chi connectivity index (χ3v) is 4.21. The van der Waals surface area contributed by atoms with E-state index in [1.807, 2.05) is 25.9 Å². The molecule has 2 atom stereocenters. The minimum absolute atomic E-state index is 0.0675. The van der Waals surface area contributed by atoms with Gasteiger partial charge in [0, 0.05) is 19.6 Å². The van der Waals surface area contributed by atoms with Crippen LogP contribution in [-0.2, 0) is 0 Å². The van der Waals surface area contributed by atoms with E-state index in [1.165, 1.54) is 13.2 Å². The summed E-state index contributed by atoms with van der Waals surface area (Å²) < 4.78 is 18.5. The second kappa shape index (κ2) is 7.64. The number of ether oxygens (including phenoxy) is 1. The molecule has 2 rings (SSSR count). The van der Waals surface area contributed by atoms with Gasteiger partial charge in [-0.2, -0.15) is 0 Å². The summed E-state index contributed by atoms with van der Waals surface area (Å²) in [6, 6.07) is 4.38. The molecule has 0 radical (unpaired) electrons. The molecular weight excluding hydrogens is 297 g/mol. The van der Waals surface area contributed by atoms with Gasteiger partial charge in [0.05, 0.1) is 13.2 Å². The summed E-state index contributed by atoms with van der Waals surface area (Å²) in [7, 11) is 5.53. The number of hydrogen-bond donors (Lipinski definition) is 1. The average molecular weight is 323 g/mol. The van der Waals surface area contributed by atoms with E-state index >= 15 is 0 Å². The minimum Gasteiger partial charge on any atom is -0.494 e. The van der Waals surface area contributed by atoms with Crippen molar-refractivity contribution in [1.82, 2.24) is 15.1 Å². The fraction of sp³-hybridized carbons (Fsp3) is 0.588. The van der Waals surface area contributed by atoms with Crippen LogP contribution in [0.4, 0.5) is 9.18 Å². The van der Waals surface area contributed by atoms with Gasteiger partial charge in [-0.25, -0.2) is 9.18 Å². The first-order valence-corrected chi connectivity index (χ1v) is 7.94. The molecule has 5 nitrogen and oxygen atoms in total. The van der Waals surface area contributed by atoms with E-state index in [4.69, 9.17) is 4.74 Å². The van der Waals surface area contributed by atoms with E-state index in [0.717, 1.165) is 31.6 Å². The number of carbonyl (C=O) groups excluding carboxylic acids is 1. The van der Waals surface area contributed by atoms with Crippen molar-refractivity contribution in [3.05, 3.63) is 29.6 Å². The Morgan fingerprint density at radius 1 is 1.52 bits per heavy atom. The van der Waals surface area contributed by atoms with E-state index < -0.39 is 5.82 Å². The van der Waals surface area contributed by atoms with E-state index in [-0.39, 0.29) is 17.8 Å². The SMILES string of the molecule is COc1cc([C@@H](C)NC(=O)N2CC[C@@H](CN(C)C)C2)ccc1F. The number of hydrogen-bond acceptors (Lipinski definition) is 3. The van der Waals surface area contributed by atoms with Gasteiger partial charge >= 0.3 is 6.03 Å². The van der Waals surface area contributed by atoms with Crippen molar-refractivity contribution in [1.29, 1.82) is 0 Å². The van der Waals surface area contributed by atoms with Crippen LogP contribution in [-0.4, -0.2) is 56.7 Å². The Kier molecular flexibility index (Phi) is 5.82. The molecule has 0 spiro atoms. The standard InChI is InChI=1S/C17H26FN3O2/c1-12(14-5-6-15(18)16(9-14)23-4)19-17(22)21-8-7-13(11-21)10-20(2)3/h5-6,9,12-13H,7-8,10-11H2,1-4H3,(H,19,22)/t12-,13+/m1/s1. The summed E-state index contributed by atoms with van der Waals surface area (Å²) in [4.78, 5) is 16.4. The number of carbonyl (C=O) groups is 1. The molecule has 1 N–H and O–H groups in total. The first-order valence-electron chi connectivity index (χ1n) is 7.94. The van der Waals surface area contributed by atoms with Crippen molar-refractivity contribution in [3.63, 3.8) is 0 Å². The van der Waals surface area contributed by atoms with Crippen LogP contribution in [0.25, 0.3) is 0 Å². The molecule has 1 saturated heterocycles. The second-order valence-corrected chi connectivity index (χ2v) is 6.43. The lowest BCUT2D eigenvalue weighted by molar-refractivity contribution is 0.202. The number of nitrogens with one attached hydrogen (secondary N) is 1. The van der Waals surface area contributed by atoms with Crippen LogP contribution in [0.1, 0.15) is 24.9 Å². The van der Waals surface area contributed by atoms with Gasteiger partial charge in [0.1, 0.15) is 0 Å². The quantitative estimate of drug-likeness (QED) is 0.905. The number of nitrogens with zero attached hydrogens (tertiary/aromatic N) is 2. The first-order chi connectivity index (χ1) is 10.9. The normalized spacial score (nSPS) is 19.0. The maximum atomic E-state index is 13.5. The Morgan fingerprint density at radius 3 is 2.91 bits per heavy atom. The van der Waals surface area contributed by atoms with Gasteiger partial charge in [0.2, 0.25) is 0 Å². The first kappa shape index (κ1) is 17.5. The smallest absolute Gasteiger partial charge is 0.317 e. The molecule has 1 aliphatic heterocycles. The van der Waals surface area contributed by atoms with Gasteiger partial charge in [-0.1, -0.05) is 6.07 Å². The molecule has 0 aromatic heterocycles. The highest BCUT2D eigenvalue weighted by Crippen LogP contribution is 2.23. The molecule has 0 unspecified atom stereocenters. The number of likely N-dealkylation sites (tertiary alicyclic amines) is 1. The molecule has 23 heavy (non-hydrogen) atoms. The molecule has 1 aromatic rings. The molecule has 0 saturated carbocycles. The summed E-state index contributed by atoms with van der Waals surface area (Å²) >= 11 is 0. The van der Waals surface area contributed by atoms with Gasteiger partial charge in [-0.3, -0.25) is 0 Å². The summed E-state index contributed by atoms with van der Waals surface area (Å²) in [5, 5.41) is 2.98. The lowest BCUT2D eigenvalue weighted by atomic mass is 10.1. The molecule has 2 amide bonds. The zero-order valence-electron chi connectivity index (χ0n) is 14.3. The highest BCUT2D eigenvalue weighted by molar-refractivity contribution is 5.75. The molecule has 1 aromatic carbocycles. The zero-order valence-corrected chi connectivity index (χ0v) is 14.3. The number of halogens is 1. The number of urea groups is 1. The lowest BCUT2D eigenvalue weighted by Crippen LogP contribution is -2.40. The molecule has 128 valence electrons. The summed E-state index contributed by atoms with van der Waals surface area (Å²) in [6.07, 6.45) is 1.03. The number of amides is 2. The Morgan fingerprint density at radius 2 is 2.26 bits per heavy atom.